The largest absolute Gasteiger partial charge is 0.381 e. The van der Waals surface area contributed by atoms with Crippen LogP contribution in [-0.2, 0) is 10.0 Å². The molecule has 6 heteroatoms. The van der Waals surface area contributed by atoms with Crippen molar-refractivity contribution in [2.24, 2.45) is 11.8 Å². The zero-order chi connectivity index (χ0) is 14.3. The topological polar surface area (TPSA) is 70.2 Å². The fourth-order valence-electron chi connectivity index (χ4n) is 3.01. The number of nitrogens with one attached hydrogen (secondary N) is 3. The Kier molecular flexibility index (Phi) is 3.48. The normalized spacial score (nSPS) is 28.4. The summed E-state index contributed by atoms with van der Waals surface area (Å²) in [6, 6.07) is 7.42. The van der Waals surface area contributed by atoms with Gasteiger partial charge in [0.2, 0.25) is 10.0 Å². The Morgan fingerprint density at radius 1 is 1.20 bits per heavy atom. The quantitative estimate of drug-likeness (QED) is 0.758. The van der Waals surface area contributed by atoms with Crippen molar-refractivity contribution in [3.05, 3.63) is 24.3 Å². The van der Waals surface area contributed by atoms with E-state index in [-0.39, 0.29) is 6.04 Å². The van der Waals surface area contributed by atoms with Gasteiger partial charge < -0.3 is 10.6 Å². The highest BCUT2D eigenvalue weighted by atomic mass is 32.2. The number of sulfonamides is 1. The maximum atomic E-state index is 12.3. The molecular formula is C14H21N3O2S. The number of piperidine rings is 1. The van der Waals surface area contributed by atoms with Crippen LogP contribution in [0, 0.1) is 11.8 Å². The molecule has 2 fully saturated rings. The standard InChI is InChI=1S/C14H21N3O2S/c1-9(2)17-20(18,19)13-6-4-3-5-12(13)16-14-10-7-15-8-11(10)14/h3-6,9-11,14-17H,7-8H2,1-2H3. The van der Waals surface area contributed by atoms with E-state index in [1.54, 1.807) is 12.1 Å². The molecule has 0 bridgehead atoms. The van der Waals surface area contributed by atoms with E-state index in [2.05, 4.69) is 15.4 Å². The van der Waals surface area contributed by atoms with Crippen LogP contribution in [0.4, 0.5) is 5.69 Å². The zero-order valence-electron chi connectivity index (χ0n) is 11.8. The molecule has 1 saturated carbocycles. The molecule has 0 amide bonds. The van der Waals surface area contributed by atoms with E-state index in [4.69, 9.17) is 0 Å². The van der Waals surface area contributed by atoms with Crippen LogP contribution in [0.5, 0.6) is 0 Å². The monoisotopic (exact) mass is 295 g/mol. The van der Waals surface area contributed by atoms with Gasteiger partial charge in [-0.15, -0.1) is 0 Å². The molecule has 110 valence electrons. The molecule has 3 N–H and O–H groups in total. The van der Waals surface area contributed by atoms with Crippen molar-refractivity contribution in [1.29, 1.82) is 0 Å². The van der Waals surface area contributed by atoms with Crippen molar-refractivity contribution < 1.29 is 8.42 Å². The van der Waals surface area contributed by atoms with Gasteiger partial charge in [0.05, 0.1) is 5.69 Å². The lowest BCUT2D eigenvalue weighted by molar-refractivity contribution is 0.570. The van der Waals surface area contributed by atoms with Crippen LogP contribution in [0.15, 0.2) is 29.2 Å². The Hall–Kier alpha value is -1.11. The minimum Gasteiger partial charge on any atom is -0.381 e. The number of fused-ring (bicyclic) bond motifs is 1. The van der Waals surface area contributed by atoms with E-state index in [1.165, 1.54) is 0 Å². The van der Waals surface area contributed by atoms with E-state index in [0.717, 1.165) is 13.1 Å². The van der Waals surface area contributed by atoms with Gasteiger partial charge in [-0.3, -0.25) is 0 Å². The molecule has 2 unspecified atom stereocenters. The van der Waals surface area contributed by atoms with E-state index >= 15 is 0 Å². The first-order valence-corrected chi connectivity index (χ1v) is 8.56. The van der Waals surface area contributed by atoms with Gasteiger partial charge in [0.1, 0.15) is 4.90 Å². The van der Waals surface area contributed by atoms with Gasteiger partial charge in [0.15, 0.2) is 0 Å². The fraction of sp³-hybridized carbons (Fsp3) is 0.571. The lowest BCUT2D eigenvalue weighted by atomic mass is 10.3. The molecule has 3 rings (SSSR count). The predicted molar refractivity (Wildman–Crippen MR) is 79.2 cm³/mol. The summed E-state index contributed by atoms with van der Waals surface area (Å²) in [5.41, 5.74) is 0.708. The molecule has 2 aliphatic rings. The molecule has 0 spiro atoms. The van der Waals surface area contributed by atoms with Gasteiger partial charge in [-0.25, -0.2) is 13.1 Å². The number of benzene rings is 1. The van der Waals surface area contributed by atoms with Gasteiger partial charge in [0.25, 0.3) is 0 Å². The first-order chi connectivity index (χ1) is 9.49. The second kappa shape index (κ2) is 5.02. The third kappa shape index (κ3) is 2.55. The van der Waals surface area contributed by atoms with Crippen molar-refractivity contribution in [2.75, 3.05) is 18.4 Å². The maximum absolute atomic E-state index is 12.3. The maximum Gasteiger partial charge on any atom is 0.242 e. The van der Waals surface area contributed by atoms with Gasteiger partial charge in [-0.2, -0.15) is 0 Å². The van der Waals surface area contributed by atoms with Crippen LogP contribution < -0.4 is 15.4 Å². The van der Waals surface area contributed by atoms with Crippen molar-refractivity contribution >= 4 is 15.7 Å². The highest BCUT2D eigenvalue weighted by Gasteiger charge is 2.53. The fourth-order valence-corrected chi connectivity index (χ4v) is 4.43. The van der Waals surface area contributed by atoms with Crippen molar-refractivity contribution in [2.45, 2.75) is 30.8 Å². The smallest absolute Gasteiger partial charge is 0.242 e. The Morgan fingerprint density at radius 3 is 2.50 bits per heavy atom. The lowest BCUT2D eigenvalue weighted by Gasteiger charge is -2.15. The summed E-state index contributed by atoms with van der Waals surface area (Å²) in [5.74, 6) is 1.28. The average molecular weight is 295 g/mol. The molecule has 5 nitrogen and oxygen atoms in total. The number of para-hydroxylation sites is 1. The first kappa shape index (κ1) is 13.9. The van der Waals surface area contributed by atoms with Crippen LogP contribution in [0.25, 0.3) is 0 Å². The summed E-state index contributed by atoms with van der Waals surface area (Å²) in [5, 5.41) is 6.74. The third-order valence-corrected chi connectivity index (χ3v) is 5.70. The molecule has 1 aliphatic heterocycles. The van der Waals surface area contributed by atoms with E-state index < -0.39 is 10.0 Å². The summed E-state index contributed by atoms with van der Waals surface area (Å²) in [7, 11) is -3.46. The summed E-state index contributed by atoms with van der Waals surface area (Å²) >= 11 is 0. The van der Waals surface area contributed by atoms with Crippen LogP contribution in [0.1, 0.15) is 13.8 Å². The third-order valence-electron chi connectivity index (χ3n) is 3.98. The van der Waals surface area contributed by atoms with Crippen LogP contribution in [-0.4, -0.2) is 33.6 Å². The number of rotatable bonds is 5. The Bertz CT molecular complexity index is 590. The van der Waals surface area contributed by atoms with Gasteiger partial charge in [-0.1, -0.05) is 12.1 Å². The molecule has 1 aliphatic carbocycles. The summed E-state index contributed by atoms with van der Waals surface area (Å²) in [4.78, 5) is 0.339. The van der Waals surface area contributed by atoms with Crippen LogP contribution >= 0.6 is 0 Å². The molecular weight excluding hydrogens is 274 g/mol. The molecule has 1 heterocycles. The predicted octanol–water partition coefficient (Wildman–Crippen LogP) is 1.00. The SMILES string of the molecule is CC(C)NS(=O)(=O)c1ccccc1NC1C2CNCC21. The first-order valence-electron chi connectivity index (χ1n) is 7.07. The minimum absolute atomic E-state index is 0.113. The molecule has 1 saturated heterocycles. The van der Waals surface area contributed by atoms with Crippen molar-refractivity contribution in [3.63, 3.8) is 0 Å². The van der Waals surface area contributed by atoms with Crippen molar-refractivity contribution in [3.8, 4) is 0 Å². The molecule has 0 aromatic heterocycles. The zero-order valence-corrected chi connectivity index (χ0v) is 12.6. The highest BCUT2D eigenvalue weighted by molar-refractivity contribution is 7.89. The van der Waals surface area contributed by atoms with Crippen molar-refractivity contribution in [1.82, 2.24) is 10.0 Å². The van der Waals surface area contributed by atoms with Gasteiger partial charge in [-0.05, 0) is 37.8 Å². The van der Waals surface area contributed by atoms with E-state index in [9.17, 15) is 8.42 Å². The van der Waals surface area contributed by atoms with Gasteiger partial charge >= 0.3 is 0 Å². The second-order valence-electron chi connectivity index (χ2n) is 5.93. The summed E-state index contributed by atoms with van der Waals surface area (Å²) in [6.07, 6.45) is 0. The van der Waals surface area contributed by atoms with Gasteiger partial charge in [0, 0.05) is 25.2 Å². The molecule has 1 aromatic carbocycles. The molecule has 0 radical (unpaired) electrons. The molecule has 20 heavy (non-hydrogen) atoms. The Balaban J connectivity index is 1.81. The average Bonchev–Trinajstić information content (AvgIpc) is 2.82. The molecule has 1 aromatic rings. The van der Waals surface area contributed by atoms with Crippen LogP contribution in [0.3, 0.4) is 0 Å². The molecule has 2 atom stereocenters. The number of hydrogen-bond donors (Lipinski definition) is 3. The summed E-state index contributed by atoms with van der Waals surface area (Å²) < 4.78 is 27.3. The highest BCUT2D eigenvalue weighted by Crippen LogP contribution is 2.44. The summed E-state index contributed by atoms with van der Waals surface area (Å²) in [6.45, 7) is 5.71. The van der Waals surface area contributed by atoms with Crippen LogP contribution in [0.2, 0.25) is 0 Å². The van der Waals surface area contributed by atoms with E-state index in [1.807, 2.05) is 26.0 Å². The van der Waals surface area contributed by atoms with E-state index in [0.29, 0.717) is 28.5 Å². The number of hydrogen-bond acceptors (Lipinski definition) is 4. The Labute approximate surface area is 120 Å². The minimum atomic E-state index is -3.46. The Morgan fingerprint density at radius 2 is 1.85 bits per heavy atom. The number of anilines is 1. The lowest BCUT2D eigenvalue weighted by Crippen LogP contribution is -2.31. The second-order valence-corrected chi connectivity index (χ2v) is 7.61.